The number of anilines is 1. The van der Waals surface area contributed by atoms with Crippen molar-refractivity contribution in [3.8, 4) is 5.75 Å². The second-order valence-corrected chi connectivity index (χ2v) is 6.59. The van der Waals surface area contributed by atoms with Gasteiger partial charge in [0, 0.05) is 4.88 Å². The van der Waals surface area contributed by atoms with Crippen LogP contribution in [0.5, 0.6) is 5.75 Å². The number of hydrogen-bond acceptors (Lipinski definition) is 3. The van der Waals surface area contributed by atoms with Crippen molar-refractivity contribution in [3.63, 3.8) is 0 Å². The monoisotopic (exact) mass is 325 g/mol. The van der Waals surface area contributed by atoms with Gasteiger partial charge in [0.1, 0.15) is 5.75 Å². The molecule has 0 spiro atoms. The quantitative estimate of drug-likeness (QED) is 0.817. The predicted molar refractivity (Wildman–Crippen MR) is 77.6 cm³/mol. The third-order valence-corrected chi connectivity index (χ3v) is 4.21. The fourth-order valence-corrected chi connectivity index (χ4v) is 3.36. The van der Waals surface area contributed by atoms with Gasteiger partial charge in [-0.05, 0) is 53.5 Å². The van der Waals surface area contributed by atoms with E-state index in [0.29, 0.717) is 11.3 Å². The Morgan fingerprint density at radius 2 is 2.06 bits per heavy atom. The molecule has 0 saturated heterocycles. The lowest BCUT2D eigenvalue weighted by atomic mass is 10.2. The van der Waals surface area contributed by atoms with Gasteiger partial charge >= 0.3 is 0 Å². The van der Waals surface area contributed by atoms with Gasteiger partial charge in [0.15, 0.2) is 0 Å². The minimum atomic E-state index is -0.231. The van der Waals surface area contributed by atoms with Gasteiger partial charge < -0.3 is 10.4 Å². The van der Waals surface area contributed by atoms with Crippen LogP contribution in [0.1, 0.15) is 20.8 Å². The van der Waals surface area contributed by atoms with Gasteiger partial charge in [-0.25, -0.2) is 0 Å². The van der Waals surface area contributed by atoms with Crippen molar-refractivity contribution < 1.29 is 9.90 Å². The molecule has 0 bridgehead atoms. The Kier molecular flexibility index (Phi) is 3.73. The number of phenols is 1. The number of nitrogens with one attached hydrogen (secondary N) is 1. The Bertz CT molecular complexity index is 607. The maximum absolute atomic E-state index is 12.0. The molecule has 0 fully saturated rings. The molecule has 1 heterocycles. The van der Waals surface area contributed by atoms with Gasteiger partial charge in [-0.1, -0.05) is 6.07 Å². The third kappa shape index (κ3) is 2.73. The van der Waals surface area contributed by atoms with E-state index in [0.717, 1.165) is 14.2 Å². The molecule has 18 heavy (non-hydrogen) atoms. The minimum absolute atomic E-state index is 0.0754. The van der Waals surface area contributed by atoms with Gasteiger partial charge in [0.05, 0.1) is 15.0 Å². The highest BCUT2D eigenvalue weighted by atomic mass is 79.9. The summed E-state index contributed by atoms with van der Waals surface area (Å²) in [4.78, 5) is 13.1. The predicted octanol–water partition coefficient (Wildman–Crippen LogP) is 4.09. The summed E-state index contributed by atoms with van der Waals surface area (Å²) in [5.74, 6) is -0.156. The molecule has 2 aromatic rings. The lowest BCUT2D eigenvalue weighted by Gasteiger charge is -2.07. The number of thiophene rings is 1. The number of aromatic hydroxyl groups is 1. The van der Waals surface area contributed by atoms with E-state index in [1.54, 1.807) is 12.1 Å². The smallest absolute Gasteiger partial charge is 0.257 e. The molecule has 3 nitrogen and oxygen atoms in total. The Balaban J connectivity index is 2.24. The molecular formula is C13H12BrNO2S. The normalized spacial score (nSPS) is 10.4. The number of aryl methyl sites for hydroxylation is 2. The second-order valence-electron chi connectivity index (χ2n) is 4.02. The topological polar surface area (TPSA) is 49.3 Å². The second kappa shape index (κ2) is 5.12. The number of rotatable bonds is 2. The largest absolute Gasteiger partial charge is 0.506 e. The van der Waals surface area contributed by atoms with Crippen molar-refractivity contribution in [2.45, 2.75) is 13.8 Å². The van der Waals surface area contributed by atoms with E-state index >= 15 is 0 Å². The summed E-state index contributed by atoms with van der Waals surface area (Å²) in [6, 6.07) is 6.96. The van der Waals surface area contributed by atoms with E-state index in [4.69, 9.17) is 0 Å². The molecule has 0 aliphatic rings. The SMILES string of the molecule is Cc1ccc(NC(=O)c2cc(C)sc2Br)c(O)c1. The number of carbonyl (C=O) groups is 1. The Labute approximate surface area is 118 Å². The summed E-state index contributed by atoms with van der Waals surface area (Å²) in [6.45, 7) is 3.82. The summed E-state index contributed by atoms with van der Waals surface area (Å²) < 4.78 is 0.795. The highest BCUT2D eigenvalue weighted by Gasteiger charge is 2.14. The van der Waals surface area contributed by atoms with Crippen molar-refractivity contribution >= 4 is 38.9 Å². The van der Waals surface area contributed by atoms with Crippen molar-refractivity contribution in [2.75, 3.05) is 5.32 Å². The minimum Gasteiger partial charge on any atom is -0.506 e. The first-order chi connectivity index (χ1) is 8.47. The lowest BCUT2D eigenvalue weighted by molar-refractivity contribution is 0.102. The summed E-state index contributed by atoms with van der Waals surface area (Å²) in [7, 11) is 0. The maximum atomic E-state index is 12.0. The van der Waals surface area contributed by atoms with Crippen LogP contribution >= 0.6 is 27.3 Å². The van der Waals surface area contributed by atoms with E-state index in [1.807, 2.05) is 26.0 Å². The molecule has 1 amide bonds. The zero-order valence-corrected chi connectivity index (χ0v) is 12.4. The molecule has 2 rings (SSSR count). The van der Waals surface area contributed by atoms with Crippen LogP contribution in [0.25, 0.3) is 0 Å². The number of hydrogen-bond donors (Lipinski definition) is 2. The van der Waals surface area contributed by atoms with Crippen molar-refractivity contribution in [1.82, 2.24) is 0 Å². The highest BCUT2D eigenvalue weighted by molar-refractivity contribution is 9.11. The Hall–Kier alpha value is -1.33. The van der Waals surface area contributed by atoms with Gasteiger partial charge in [-0.3, -0.25) is 4.79 Å². The fraction of sp³-hybridized carbons (Fsp3) is 0.154. The molecule has 0 radical (unpaired) electrons. The van der Waals surface area contributed by atoms with Gasteiger partial charge in [0.2, 0.25) is 0 Å². The Morgan fingerprint density at radius 3 is 2.61 bits per heavy atom. The van der Waals surface area contributed by atoms with Crippen LogP contribution in [-0.2, 0) is 0 Å². The van der Waals surface area contributed by atoms with Crippen molar-refractivity contribution in [2.24, 2.45) is 0 Å². The molecule has 0 atom stereocenters. The van der Waals surface area contributed by atoms with Gasteiger partial charge in [-0.2, -0.15) is 0 Å². The molecular weight excluding hydrogens is 314 g/mol. The number of carbonyl (C=O) groups excluding carboxylic acids is 1. The lowest BCUT2D eigenvalue weighted by Crippen LogP contribution is -2.11. The Morgan fingerprint density at radius 1 is 1.33 bits per heavy atom. The first kappa shape index (κ1) is 13.1. The molecule has 2 N–H and O–H groups in total. The van der Waals surface area contributed by atoms with Crippen LogP contribution in [-0.4, -0.2) is 11.0 Å². The van der Waals surface area contributed by atoms with E-state index in [1.165, 1.54) is 11.3 Å². The van der Waals surface area contributed by atoms with E-state index in [2.05, 4.69) is 21.2 Å². The van der Waals surface area contributed by atoms with E-state index in [9.17, 15) is 9.90 Å². The molecule has 0 unspecified atom stereocenters. The molecule has 0 aliphatic heterocycles. The summed E-state index contributed by atoms with van der Waals surface area (Å²) in [5, 5.41) is 12.4. The zero-order chi connectivity index (χ0) is 13.3. The van der Waals surface area contributed by atoms with Crippen LogP contribution < -0.4 is 5.32 Å². The van der Waals surface area contributed by atoms with Crippen LogP contribution in [0.2, 0.25) is 0 Å². The van der Waals surface area contributed by atoms with Crippen molar-refractivity contribution in [3.05, 3.63) is 44.1 Å². The van der Waals surface area contributed by atoms with Crippen LogP contribution in [0, 0.1) is 13.8 Å². The number of benzene rings is 1. The summed E-state index contributed by atoms with van der Waals surface area (Å²) in [5.41, 5.74) is 1.94. The number of halogens is 1. The van der Waals surface area contributed by atoms with Gasteiger partial charge in [-0.15, -0.1) is 11.3 Å². The molecule has 5 heteroatoms. The summed E-state index contributed by atoms with van der Waals surface area (Å²) >= 11 is 4.86. The molecule has 0 saturated carbocycles. The first-order valence-corrected chi connectivity index (χ1v) is 6.95. The maximum Gasteiger partial charge on any atom is 0.257 e. The molecule has 94 valence electrons. The first-order valence-electron chi connectivity index (χ1n) is 5.34. The average molecular weight is 326 g/mol. The number of phenolic OH excluding ortho intramolecular Hbond substituents is 1. The van der Waals surface area contributed by atoms with Crippen LogP contribution in [0.4, 0.5) is 5.69 Å². The molecule has 1 aromatic carbocycles. The number of amides is 1. The van der Waals surface area contributed by atoms with Crippen LogP contribution in [0.15, 0.2) is 28.1 Å². The van der Waals surface area contributed by atoms with E-state index < -0.39 is 0 Å². The standard InChI is InChI=1S/C13H12BrNO2S/c1-7-3-4-10(11(16)5-7)15-13(17)9-6-8(2)18-12(9)14/h3-6,16H,1-2H3,(H,15,17). The zero-order valence-electron chi connectivity index (χ0n) is 9.95. The highest BCUT2D eigenvalue weighted by Crippen LogP contribution is 2.30. The van der Waals surface area contributed by atoms with Gasteiger partial charge in [0.25, 0.3) is 5.91 Å². The third-order valence-electron chi connectivity index (χ3n) is 2.46. The van der Waals surface area contributed by atoms with Crippen molar-refractivity contribution in [1.29, 1.82) is 0 Å². The molecule has 0 aliphatic carbocycles. The summed E-state index contributed by atoms with van der Waals surface area (Å²) in [6.07, 6.45) is 0. The van der Waals surface area contributed by atoms with E-state index in [-0.39, 0.29) is 11.7 Å². The molecule has 1 aromatic heterocycles. The van der Waals surface area contributed by atoms with Crippen LogP contribution in [0.3, 0.4) is 0 Å². The average Bonchev–Trinajstić information content (AvgIpc) is 2.62. The fourth-order valence-electron chi connectivity index (χ4n) is 1.58.